The van der Waals surface area contributed by atoms with Crippen molar-refractivity contribution in [1.82, 2.24) is 10.6 Å². The number of carbonyl (C=O) groups is 1. The average Bonchev–Trinajstić information content (AvgIpc) is 2.94. The third-order valence-corrected chi connectivity index (χ3v) is 2.10. The van der Waals surface area contributed by atoms with Crippen molar-refractivity contribution in [3.8, 4) is 0 Å². The molecule has 0 aromatic rings. The maximum Gasteiger partial charge on any atom is 0.234 e. The smallest absolute Gasteiger partial charge is 0.234 e. The first kappa shape index (κ1) is 12.5. The Labute approximate surface area is 91.8 Å². The van der Waals surface area contributed by atoms with Crippen molar-refractivity contribution in [3.05, 3.63) is 0 Å². The first-order valence-electron chi connectivity index (χ1n) is 5.76. The summed E-state index contributed by atoms with van der Waals surface area (Å²) in [6, 6.07) is 0.455. The monoisotopic (exact) mass is 214 g/mol. The summed E-state index contributed by atoms with van der Waals surface area (Å²) in [4.78, 5) is 11.2. The minimum Gasteiger partial charge on any atom is -0.380 e. The van der Waals surface area contributed by atoms with Gasteiger partial charge in [0, 0.05) is 19.2 Å². The Balaban J connectivity index is 1.81. The van der Waals surface area contributed by atoms with E-state index in [4.69, 9.17) is 4.74 Å². The SMILES string of the molecule is CC(C)COCCNCC(=O)NC1CC1. The average molecular weight is 214 g/mol. The molecule has 0 bridgehead atoms. The van der Waals surface area contributed by atoms with Gasteiger partial charge in [-0.1, -0.05) is 13.8 Å². The first-order valence-corrected chi connectivity index (χ1v) is 5.76. The fourth-order valence-corrected chi connectivity index (χ4v) is 1.17. The van der Waals surface area contributed by atoms with Crippen molar-refractivity contribution in [2.45, 2.75) is 32.7 Å². The van der Waals surface area contributed by atoms with Crippen LogP contribution in [0.15, 0.2) is 0 Å². The zero-order valence-corrected chi connectivity index (χ0v) is 9.71. The highest BCUT2D eigenvalue weighted by atomic mass is 16.5. The second kappa shape index (κ2) is 6.80. The van der Waals surface area contributed by atoms with Gasteiger partial charge in [-0.25, -0.2) is 0 Å². The van der Waals surface area contributed by atoms with Crippen molar-refractivity contribution >= 4 is 5.91 Å². The molecule has 0 unspecified atom stereocenters. The molecule has 0 saturated heterocycles. The van der Waals surface area contributed by atoms with Gasteiger partial charge < -0.3 is 15.4 Å². The summed E-state index contributed by atoms with van der Waals surface area (Å²) in [6.45, 7) is 6.85. The minimum atomic E-state index is 0.0985. The van der Waals surface area contributed by atoms with Gasteiger partial charge >= 0.3 is 0 Å². The topological polar surface area (TPSA) is 50.4 Å². The molecule has 4 nitrogen and oxygen atoms in total. The van der Waals surface area contributed by atoms with Crippen molar-refractivity contribution in [3.63, 3.8) is 0 Å². The summed E-state index contributed by atoms with van der Waals surface area (Å²) in [5.41, 5.74) is 0. The van der Waals surface area contributed by atoms with Gasteiger partial charge in [0.15, 0.2) is 0 Å². The van der Waals surface area contributed by atoms with Crippen LogP contribution in [-0.2, 0) is 9.53 Å². The summed E-state index contributed by atoms with van der Waals surface area (Å²) < 4.78 is 5.38. The predicted molar refractivity (Wildman–Crippen MR) is 59.7 cm³/mol. The lowest BCUT2D eigenvalue weighted by atomic mass is 10.2. The van der Waals surface area contributed by atoms with Crippen LogP contribution in [0.25, 0.3) is 0 Å². The molecule has 1 saturated carbocycles. The Morgan fingerprint density at radius 2 is 2.20 bits per heavy atom. The third-order valence-electron chi connectivity index (χ3n) is 2.10. The molecule has 0 spiro atoms. The van der Waals surface area contributed by atoms with Gasteiger partial charge in [0.25, 0.3) is 0 Å². The highest BCUT2D eigenvalue weighted by Crippen LogP contribution is 2.17. The van der Waals surface area contributed by atoms with E-state index in [1.165, 1.54) is 0 Å². The highest BCUT2D eigenvalue weighted by Gasteiger charge is 2.22. The lowest BCUT2D eigenvalue weighted by molar-refractivity contribution is -0.120. The second-order valence-electron chi connectivity index (χ2n) is 4.49. The van der Waals surface area contributed by atoms with E-state index in [1.54, 1.807) is 0 Å². The number of ether oxygens (including phenoxy) is 1. The molecule has 0 aromatic heterocycles. The van der Waals surface area contributed by atoms with Crippen LogP contribution in [-0.4, -0.2) is 38.3 Å². The third kappa shape index (κ3) is 7.33. The zero-order valence-electron chi connectivity index (χ0n) is 9.71. The van der Waals surface area contributed by atoms with Gasteiger partial charge in [-0.15, -0.1) is 0 Å². The van der Waals surface area contributed by atoms with Gasteiger partial charge in [0.1, 0.15) is 0 Å². The molecule has 88 valence electrons. The molecule has 1 aliphatic rings. The first-order chi connectivity index (χ1) is 7.18. The van der Waals surface area contributed by atoms with Crippen LogP contribution in [0.3, 0.4) is 0 Å². The molecule has 1 aliphatic carbocycles. The summed E-state index contributed by atoms with van der Waals surface area (Å²) in [5, 5.41) is 5.98. The molecule has 0 aliphatic heterocycles. The van der Waals surface area contributed by atoms with Gasteiger partial charge in [-0.2, -0.15) is 0 Å². The van der Waals surface area contributed by atoms with Gasteiger partial charge in [-0.3, -0.25) is 4.79 Å². The number of hydrogen-bond acceptors (Lipinski definition) is 3. The molecule has 1 amide bonds. The Bertz CT molecular complexity index is 191. The minimum absolute atomic E-state index is 0.0985. The Kier molecular flexibility index (Phi) is 5.65. The van der Waals surface area contributed by atoms with Gasteiger partial charge in [-0.05, 0) is 18.8 Å². The molecule has 0 radical (unpaired) electrons. The number of amides is 1. The fraction of sp³-hybridized carbons (Fsp3) is 0.909. The van der Waals surface area contributed by atoms with Crippen LogP contribution in [0.4, 0.5) is 0 Å². The number of carbonyl (C=O) groups excluding carboxylic acids is 1. The molecular weight excluding hydrogens is 192 g/mol. The van der Waals surface area contributed by atoms with Crippen molar-refractivity contribution in [1.29, 1.82) is 0 Å². The van der Waals surface area contributed by atoms with E-state index >= 15 is 0 Å². The van der Waals surface area contributed by atoms with Crippen LogP contribution in [0, 0.1) is 5.92 Å². The predicted octanol–water partition coefficient (Wildman–Crippen LogP) is 0.527. The molecule has 2 N–H and O–H groups in total. The standard InChI is InChI=1S/C11H22N2O2/c1-9(2)8-15-6-5-12-7-11(14)13-10-3-4-10/h9-10,12H,3-8H2,1-2H3,(H,13,14). The molecule has 4 heteroatoms. The summed E-state index contributed by atoms with van der Waals surface area (Å²) >= 11 is 0. The molecule has 0 atom stereocenters. The number of hydrogen-bond donors (Lipinski definition) is 2. The van der Waals surface area contributed by atoms with Crippen molar-refractivity contribution < 1.29 is 9.53 Å². The second-order valence-corrected chi connectivity index (χ2v) is 4.49. The molecule has 1 fully saturated rings. The number of rotatable bonds is 8. The fourth-order valence-electron chi connectivity index (χ4n) is 1.17. The molecule has 1 rings (SSSR count). The Morgan fingerprint density at radius 3 is 2.80 bits per heavy atom. The van der Waals surface area contributed by atoms with Crippen LogP contribution in [0.5, 0.6) is 0 Å². The normalized spacial score (nSPS) is 15.7. The summed E-state index contributed by atoms with van der Waals surface area (Å²) in [7, 11) is 0. The lowest BCUT2D eigenvalue weighted by Gasteiger charge is -2.08. The maximum atomic E-state index is 11.2. The van der Waals surface area contributed by atoms with E-state index in [0.717, 1.165) is 26.0 Å². The Morgan fingerprint density at radius 1 is 1.47 bits per heavy atom. The number of nitrogens with one attached hydrogen (secondary N) is 2. The molecule has 0 aromatic carbocycles. The zero-order chi connectivity index (χ0) is 11.1. The van der Waals surface area contributed by atoms with E-state index in [2.05, 4.69) is 24.5 Å². The molecule has 0 heterocycles. The highest BCUT2D eigenvalue weighted by molar-refractivity contribution is 5.78. The van der Waals surface area contributed by atoms with Crippen molar-refractivity contribution in [2.24, 2.45) is 5.92 Å². The van der Waals surface area contributed by atoms with Crippen molar-refractivity contribution in [2.75, 3.05) is 26.3 Å². The summed E-state index contributed by atoms with van der Waals surface area (Å²) in [5.74, 6) is 0.671. The largest absolute Gasteiger partial charge is 0.380 e. The Hall–Kier alpha value is -0.610. The lowest BCUT2D eigenvalue weighted by Crippen LogP contribution is -2.36. The molecular formula is C11H22N2O2. The van der Waals surface area contributed by atoms with E-state index in [9.17, 15) is 4.79 Å². The molecule has 15 heavy (non-hydrogen) atoms. The van der Waals surface area contributed by atoms with Crippen LogP contribution in [0.1, 0.15) is 26.7 Å². The van der Waals surface area contributed by atoms with Gasteiger partial charge in [0.05, 0.1) is 13.2 Å². The summed E-state index contributed by atoms with van der Waals surface area (Å²) in [6.07, 6.45) is 2.28. The maximum absolute atomic E-state index is 11.2. The van der Waals surface area contributed by atoms with Crippen LogP contribution >= 0.6 is 0 Å². The van der Waals surface area contributed by atoms with Crippen LogP contribution in [0.2, 0.25) is 0 Å². The van der Waals surface area contributed by atoms with E-state index in [0.29, 0.717) is 25.1 Å². The van der Waals surface area contributed by atoms with E-state index in [1.807, 2.05) is 0 Å². The van der Waals surface area contributed by atoms with Crippen LogP contribution < -0.4 is 10.6 Å². The van der Waals surface area contributed by atoms with Gasteiger partial charge in [0.2, 0.25) is 5.91 Å². The quantitative estimate of drug-likeness (QED) is 0.579. The van der Waals surface area contributed by atoms with E-state index < -0.39 is 0 Å². The van der Waals surface area contributed by atoms with E-state index in [-0.39, 0.29) is 5.91 Å².